The third-order valence-electron chi connectivity index (χ3n) is 5.10. The van der Waals surface area contributed by atoms with Gasteiger partial charge in [0.15, 0.2) is 0 Å². The molecule has 0 aliphatic carbocycles. The largest absolute Gasteiger partial charge is 0.378 e. The Hall–Kier alpha value is -3.71. The molecule has 150 valence electrons. The molecule has 0 atom stereocenters. The normalized spacial score (nSPS) is 13.9. The summed E-state index contributed by atoms with van der Waals surface area (Å²) in [5.74, 6) is 0.569. The van der Waals surface area contributed by atoms with Gasteiger partial charge in [-0.05, 0) is 42.5 Å². The Labute approximate surface area is 175 Å². The monoisotopic (exact) mass is 398 g/mol. The van der Waals surface area contributed by atoms with E-state index in [1.807, 2.05) is 41.1 Å². The molecule has 5 rings (SSSR count). The van der Waals surface area contributed by atoms with Crippen LogP contribution in [0.3, 0.4) is 0 Å². The third kappa shape index (κ3) is 4.01. The van der Waals surface area contributed by atoms with Crippen LogP contribution in [0, 0.1) is 0 Å². The Bertz CT molecular complexity index is 1100. The highest BCUT2D eigenvalue weighted by atomic mass is 16.5. The van der Waals surface area contributed by atoms with Gasteiger partial charge < -0.3 is 19.5 Å². The molecule has 2 aromatic heterocycles. The predicted molar refractivity (Wildman–Crippen MR) is 117 cm³/mol. The third-order valence-corrected chi connectivity index (χ3v) is 5.10. The molecule has 1 aliphatic rings. The van der Waals surface area contributed by atoms with Crippen molar-refractivity contribution >= 4 is 17.3 Å². The fourth-order valence-corrected chi connectivity index (χ4v) is 3.52. The maximum absolute atomic E-state index is 5.46. The minimum absolute atomic E-state index is 0.569. The number of morpholine rings is 1. The molecule has 0 radical (unpaired) electrons. The highest BCUT2D eigenvalue weighted by molar-refractivity contribution is 5.67. The van der Waals surface area contributed by atoms with Crippen LogP contribution < -0.4 is 10.2 Å². The van der Waals surface area contributed by atoms with E-state index in [4.69, 9.17) is 9.72 Å². The first kappa shape index (κ1) is 18.3. The standard InChI is InChI=1S/C23H22N6O/c1-2-18(16-21(3-1)28-12-14-30-15-13-28)22-8-9-25-23(27-22)26-19-4-6-20(7-5-19)29-11-10-24-17-29/h1-11,16-17H,12-15H2,(H,25,26,27). The molecule has 4 aromatic rings. The van der Waals surface area contributed by atoms with Gasteiger partial charge in [0.05, 0.1) is 25.2 Å². The molecule has 1 saturated heterocycles. The van der Waals surface area contributed by atoms with E-state index >= 15 is 0 Å². The fraction of sp³-hybridized carbons (Fsp3) is 0.174. The molecule has 0 amide bonds. The smallest absolute Gasteiger partial charge is 0.227 e. The van der Waals surface area contributed by atoms with Crippen molar-refractivity contribution < 1.29 is 4.74 Å². The zero-order chi connectivity index (χ0) is 20.2. The van der Waals surface area contributed by atoms with Crippen LogP contribution in [0.5, 0.6) is 0 Å². The quantitative estimate of drug-likeness (QED) is 0.550. The molecule has 0 unspecified atom stereocenters. The maximum atomic E-state index is 5.46. The summed E-state index contributed by atoms with van der Waals surface area (Å²) in [5.41, 5.74) is 5.13. The lowest BCUT2D eigenvalue weighted by Crippen LogP contribution is -2.36. The molecule has 7 nitrogen and oxygen atoms in total. The molecule has 1 N–H and O–H groups in total. The predicted octanol–water partition coefficient (Wildman–Crippen LogP) is 3.91. The van der Waals surface area contributed by atoms with Crippen LogP contribution in [0.1, 0.15) is 0 Å². The van der Waals surface area contributed by atoms with E-state index in [0.717, 1.165) is 48.9 Å². The van der Waals surface area contributed by atoms with E-state index < -0.39 is 0 Å². The first-order valence-corrected chi connectivity index (χ1v) is 9.97. The summed E-state index contributed by atoms with van der Waals surface area (Å²) in [7, 11) is 0. The van der Waals surface area contributed by atoms with Gasteiger partial charge in [0.25, 0.3) is 0 Å². The van der Waals surface area contributed by atoms with Gasteiger partial charge in [0.1, 0.15) is 0 Å². The Morgan fingerprint density at radius 2 is 1.77 bits per heavy atom. The first-order chi connectivity index (χ1) is 14.8. The van der Waals surface area contributed by atoms with Crippen molar-refractivity contribution in [2.24, 2.45) is 0 Å². The van der Waals surface area contributed by atoms with Crippen LogP contribution in [0.4, 0.5) is 17.3 Å². The van der Waals surface area contributed by atoms with Crippen LogP contribution in [-0.2, 0) is 4.74 Å². The Morgan fingerprint density at radius 3 is 2.57 bits per heavy atom. The minimum Gasteiger partial charge on any atom is -0.378 e. The number of nitrogens with one attached hydrogen (secondary N) is 1. The van der Waals surface area contributed by atoms with Crippen molar-refractivity contribution in [1.82, 2.24) is 19.5 Å². The summed E-state index contributed by atoms with van der Waals surface area (Å²) in [6.45, 7) is 3.36. The van der Waals surface area contributed by atoms with Gasteiger partial charge in [0, 0.05) is 54.3 Å². The van der Waals surface area contributed by atoms with Gasteiger partial charge in [-0.2, -0.15) is 0 Å². The Morgan fingerprint density at radius 1 is 0.900 bits per heavy atom. The van der Waals surface area contributed by atoms with E-state index in [0.29, 0.717) is 5.95 Å². The molecular weight excluding hydrogens is 376 g/mol. The summed E-state index contributed by atoms with van der Waals surface area (Å²) in [4.78, 5) is 15.5. The highest BCUT2D eigenvalue weighted by Crippen LogP contribution is 2.25. The van der Waals surface area contributed by atoms with Crippen LogP contribution in [0.2, 0.25) is 0 Å². The van der Waals surface area contributed by atoms with Crippen LogP contribution in [-0.4, -0.2) is 45.8 Å². The van der Waals surface area contributed by atoms with Crippen LogP contribution >= 0.6 is 0 Å². The summed E-state index contributed by atoms with van der Waals surface area (Å²) in [6, 6.07) is 18.5. The van der Waals surface area contributed by atoms with E-state index in [-0.39, 0.29) is 0 Å². The van der Waals surface area contributed by atoms with Crippen LogP contribution in [0.15, 0.2) is 79.5 Å². The highest BCUT2D eigenvalue weighted by Gasteiger charge is 2.12. The summed E-state index contributed by atoms with van der Waals surface area (Å²) in [5, 5.41) is 3.29. The van der Waals surface area contributed by atoms with Crippen molar-refractivity contribution in [3.63, 3.8) is 0 Å². The van der Waals surface area contributed by atoms with E-state index in [1.54, 1.807) is 18.7 Å². The number of rotatable bonds is 5. The molecule has 0 bridgehead atoms. The number of nitrogens with zero attached hydrogens (tertiary/aromatic N) is 5. The maximum Gasteiger partial charge on any atom is 0.227 e. The molecule has 7 heteroatoms. The lowest BCUT2D eigenvalue weighted by atomic mass is 10.1. The second kappa shape index (κ2) is 8.34. The molecule has 0 spiro atoms. The summed E-state index contributed by atoms with van der Waals surface area (Å²) >= 11 is 0. The summed E-state index contributed by atoms with van der Waals surface area (Å²) < 4.78 is 7.42. The minimum atomic E-state index is 0.569. The molecule has 1 fully saturated rings. The molecule has 1 aliphatic heterocycles. The topological polar surface area (TPSA) is 68.1 Å². The number of ether oxygens (including phenoxy) is 1. The van der Waals surface area contributed by atoms with Gasteiger partial charge in [-0.15, -0.1) is 0 Å². The number of benzene rings is 2. The average Bonchev–Trinajstić information content (AvgIpc) is 3.36. The number of aromatic nitrogens is 4. The van der Waals surface area contributed by atoms with Crippen molar-refractivity contribution in [3.8, 4) is 16.9 Å². The van der Waals surface area contributed by atoms with E-state index in [2.05, 4.69) is 44.5 Å². The lowest BCUT2D eigenvalue weighted by molar-refractivity contribution is 0.122. The van der Waals surface area contributed by atoms with E-state index in [1.165, 1.54) is 5.69 Å². The van der Waals surface area contributed by atoms with Gasteiger partial charge in [-0.3, -0.25) is 0 Å². The Balaban J connectivity index is 1.34. The second-order valence-corrected chi connectivity index (χ2v) is 7.06. The molecule has 3 heterocycles. The van der Waals surface area contributed by atoms with Crippen molar-refractivity contribution in [2.75, 3.05) is 36.5 Å². The van der Waals surface area contributed by atoms with Crippen molar-refractivity contribution in [2.45, 2.75) is 0 Å². The molecule has 0 saturated carbocycles. The Kier molecular flexibility index (Phi) is 5.10. The van der Waals surface area contributed by atoms with Crippen molar-refractivity contribution in [1.29, 1.82) is 0 Å². The molecular formula is C23H22N6O. The van der Waals surface area contributed by atoms with Crippen molar-refractivity contribution in [3.05, 3.63) is 79.5 Å². The van der Waals surface area contributed by atoms with Crippen LogP contribution in [0.25, 0.3) is 16.9 Å². The number of imidazole rings is 1. The second-order valence-electron chi connectivity index (χ2n) is 7.06. The fourth-order valence-electron chi connectivity index (χ4n) is 3.52. The first-order valence-electron chi connectivity index (χ1n) is 9.97. The zero-order valence-electron chi connectivity index (χ0n) is 16.5. The molecule has 2 aromatic carbocycles. The van der Waals surface area contributed by atoms with Gasteiger partial charge in [-0.1, -0.05) is 12.1 Å². The van der Waals surface area contributed by atoms with E-state index in [9.17, 15) is 0 Å². The van der Waals surface area contributed by atoms with Gasteiger partial charge >= 0.3 is 0 Å². The molecule has 30 heavy (non-hydrogen) atoms. The zero-order valence-corrected chi connectivity index (χ0v) is 16.5. The lowest BCUT2D eigenvalue weighted by Gasteiger charge is -2.29. The SMILES string of the molecule is c1cc(-c2ccnc(Nc3ccc(-n4ccnc4)cc3)n2)cc(N2CCOCC2)c1. The van der Waals surface area contributed by atoms with Gasteiger partial charge in [-0.25, -0.2) is 15.0 Å². The average molecular weight is 398 g/mol. The number of hydrogen-bond acceptors (Lipinski definition) is 6. The number of hydrogen-bond donors (Lipinski definition) is 1. The number of anilines is 3. The van der Waals surface area contributed by atoms with Gasteiger partial charge in [0.2, 0.25) is 5.95 Å². The summed E-state index contributed by atoms with van der Waals surface area (Å²) in [6.07, 6.45) is 7.24.